The fourth-order valence-corrected chi connectivity index (χ4v) is 3.15. The van der Waals surface area contributed by atoms with Gasteiger partial charge in [0.25, 0.3) is 14.1 Å². The Bertz CT molecular complexity index is 214. The van der Waals surface area contributed by atoms with Crippen LogP contribution in [0.4, 0.5) is 0 Å². The monoisotopic (exact) mass is 222 g/mol. The summed E-state index contributed by atoms with van der Waals surface area (Å²) in [6.07, 6.45) is 0. The van der Waals surface area contributed by atoms with Crippen molar-refractivity contribution in [3.63, 3.8) is 0 Å². The Kier molecular flexibility index (Phi) is 9.78. The molecule has 0 spiro atoms. The van der Waals surface area contributed by atoms with Crippen LogP contribution in [-0.4, -0.2) is 21.3 Å². The van der Waals surface area contributed by atoms with E-state index in [4.69, 9.17) is 4.74 Å². The van der Waals surface area contributed by atoms with Crippen LogP contribution in [0, 0.1) is 0 Å². The highest BCUT2D eigenvalue weighted by atomic mass is 27.2. The minimum Gasteiger partial charge on any atom is -0.497 e. The molecule has 0 aromatic heterocycles. The molecule has 0 saturated heterocycles. The SMILES string of the molecule is COc1ccccc1.C[CH2][Al]([CH2]C)[CH2]C. The summed E-state index contributed by atoms with van der Waals surface area (Å²) in [5.74, 6) is 0.910. The Morgan fingerprint density at radius 2 is 1.40 bits per heavy atom. The lowest BCUT2D eigenvalue weighted by Crippen LogP contribution is -2.04. The molecule has 0 amide bonds. The van der Waals surface area contributed by atoms with Crippen LogP contribution in [0.25, 0.3) is 0 Å². The molecule has 0 saturated carbocycles. The normalized spacial score (nSPS) is 8.80. The topological polar surface area (TPSA) is 9.23 Å². The van der Waals surface area contributed by atoms with Gasteiger partial charge in [0.2, 0.25) is 0 Å². The first kappa shape index (κ1) is 14.6. The largest absolute Gasteiger partial charge is 0.497 e. The second-order valence-electron chi connectivity index (χ2n) is 3.61. The van der Waals surface area contributed by atoms with Gasteiger partial charge in [-0.25, -0.2) is 0 Å². The highest BCUT2D eigenvalue weighted by Gasteiger charge is 2.05. The maximum Gasteiger partial charge on any atom is 0.261 e. The standard InChI is InChI=1S/C7H8O.3C2H5.Al/c1-8-7-5-3-2-4-6-7;3*1-2;/h2-6H,1H3;3*1H2,2H3;. The molecule has 0 aliphatic carbocycles. The van der Waals surface area contributed by atoms with Gasteiger partial charge in [-0.05, 0) is 12.1 Å². The minimum absolute atomic E-state index is 0.171. The molecule has 1 aromatic rings. The van der Waals surface area contributed by atoms with E-state index in [2.05, 4.69) is 20.8 Å². The van der Waals surface area contributed by atoms with Gasteiger partial charge in [-0.1, -0.05) is 54.8 Å². The van der Waals surface area contributed by atoms with E-state index in [1.165, 1.54) is 15.8 Å². The maximum atomic E-state index is 4.91. The molecular weight excluding hydrogens is 199 g/mol. The number of hydrogen-bond acceptors (Lipinski definition) is 1. The number of ether oxygens (including phenoxy) is 1. The van der Waals surface area contributed by atoms with Crippen LogP contribution >= 0.6 is 0 Å². The summed E-state index contributed by atoms with van der Waals surface area (Å²) in [5.41, 5.74) is 0. The van der Waals surface area contributed by atoms with Crippen molar-refractivity contribution in [1.82, 2.24) is 0 Å². The van der Waals surface area contributed by atoms with Gasteiger partial charge in [-0.2, -0.15) is 0 Å². The van der Waals surface area contributed by atoms with Gasteiger partial charge in [-0.3, -0.25) is 0 Å². The average Bonchev–Trinajstić information content (AvgIpc) is 2.33. The summed E-state index contributed by atoms with van der Waals surface area (Å²) in [6.45, 7) is 6.97. The molecule has 0 heterocycles. The van der Waals surface area contributed by atoms with Crippen molar-refractivity contribution in [1.29, 1.82) is 0 Å². The molecule has 0 radical (unpaired) electrons. The number of hydrogen-bond donors (Lipinski definition) is 0. The van der Waals surface area contributed by atoms with Crippen LogP contribution in [0.3, 0.4) is 0 Å². The third kappa shape index (κ3) is 7.48. The van der Waals surface area contributed by atoms with E-state index in [0.717, 1.165) is 5.75 Å². The molecule has 0 aliphatic heterocycles. The third-order valence-electron chi connectivity index (χ3n) is 2.71. The van der Waals surface area contributed by atoms with Gasteiger partial charge in [-0.15, -0.1) is 0 Å². The average molecular weight is 222 g/mol. The van der Waals surface area contributed by atoms with Gasteiger partial charge < -0.3 is 4.74 Å². The molecule has 15 heavy (non-hydrogen) atoms. The molecule has 1 aromatic carbocycles. The zero-order chi connectivity index (χ0) is 11.5. The highest BCUT2D eigenvalue weighted by Crippen LogP contribution is 2.05. The van der Waals surface area contributed by atoms with E-state index in [-0.39, 0.29) is 14.1 Å². The van der Waals surface area contributed by atoms with Gasteiger partial charge in [0.1, 0.15) is 5.75 Å². The quantitative estimate of drug-likeness (QED) is 0.692. The van der Waals surface area contributed by atoms with Crippen molar-refractivity contribution in [3.8, 4) is 5.75 Å². The molecule has 0 atom stereocenters. The van der Waals surface area contributed by atoms with E-state index in [0.29, 0.717) is 0 Å². The third-order valence-corrected chi connectivity index (χ3v) is 6.18. The number of methoxy groups -OCH3 is 1. The molecule has 0 bridgehead atoms. The molecule has 1 rings (SSSR count). The zero-order valence-corrected chi connectivity index (χ0v) is 11.6. The summed E-state index contributed by atoms with van der Waals surface area (Å²) < 4.78 is 4.91. The van der Waals surface area contributed by atoms with Crippen molar-refractivity contribution in [3.05, 3.63) is 30.3 Å². The van der Waals surface area contributed by atoms with Crippen molar-refractivity contribution in [2.75, 3.05) is 7.11 Å². The van der Waals surface area contributed by atoms with E-state index in [1.807, 2.05) is 30.3 Å². The van der Waals surface area contributed by atoms with Gasteiger partial charge in [0, 0.05) is 0 Å². The second kappa shape index (κ2) is 10.1. The Balaban J connectivity index is 0.000000265. The highest BCUT2D eigenvalue weighted by molar-refractivity contribution is 6.58. The fourth-order valence-electron chi connectivity index (χ4n) is 1.42. The smallest absolute Gasteiger partial charge is 0.261 e. The van der Waals surface area contributed by atoms with Gasteiger partial charge in [0.05, 0.1) is 7.11 Å². The van der Waals surface area contributed by atoms with Crippen LogP contribution in [0.5, 0.6) is 5.75 Å². The first-order chi connectivity index (χ1) is 7.28. The lowest BCUT2D eigenvalue weighted by Gasteiger charge is -1.97. The predicted octanol–water partition coefficient (Wildman–Crippen LogP) is 4.24. The zero-order valence-electron chi connectivity index (χ0n) is 10.5. The van der Waals surface area contributed by atoms with E-state index in [1.54, 1.807) is 7.11 Å². The first-order valence-electron chi connectivity index (χ1n) is 5.87. The lowest BCUT2D eigenvalue weighted by molar-refractivity contribution is 0.415. The van der Waals surface area contributed by atoms with Crippen LogP contribution in [0.2, 0.25) is 15.8 Å². The molecule has 2 heteroatoms. The van der Waals surface area contributed by atoms with Gasteiger partial charge >= 0.3 is 0 Å². The molecule has 0 N–H and O–H groups in total. The van der Waals surface area contributed by atoms with E-state index >= 15 is 0 Å². The molecule has 0 aliphatic rings. The van der Waals surface area contributed by atoms with Crippen molar-refractivity contribution in [2.45, 2.75) is 36.6 Å². The summed E-state index contributed by atoms with van der Waals surface area (Å²) in [4.78, 5) is 0. The second-order valence-corrected chi connectivity index (χ2v) is 7.79. The van der Waals surface area contributed by atoms with E-state index < -0.39 is 0 Å². The lowest BCUT2D eigenvalue weighted by atomic mass is 10.3. The Morgan fingerprint density at radius 3 is 1.60 bits per heavy atom. The van der Waals surface area contributed by atoms with Crippen LogP contribution in [0.1, 0.15) is 20.8 Å². The van der Waals surface area contributed by atoms with E-state index in [9.17, 15) is 0 Å². The minimum atomic E-state index is -0.171. The Labute approximate surface area is 98.9 Å². The summed E-state index contributed by atoms with van der Waals surface area (Å²) in [5, 5.41) is 4.48. The van der Waals surface area contributed by atoms with Crippen molar-refractivity contribution >= 4 is 14.1 Å². The van der Waals surface area contributed by atoms with Crippen LogP contribution in [-0.2, 0) is 0 Å². The Hall–Kier alpha value is -0.448. The first-order valence-corrected chi connectivity index (χ1v) is 8.32. The number of benzene rings is 1. The predicted molar refractivity (Wildman–Crippen MR) is 70.2 cm³/mol. The summed E-state index contributed by atoms with van der Waals surface area (Å²) in [6, 6.07) is 9.68. The van der Waals surface area contributed by atoms with Crippen molar-refractivity contribution < 1.29 is 4.74 Å². The molecule has 0 fully saturated rings. The summed E-state index contributed by atoms with van der Waals surface area (Å²) >= 11 is -0.171. The molecule has 1 nitrogen and oxygen atoms in total. The number of para-hydroxylation sites is 1. The van der Waals surface area contributed by atoms with Crippen molar-refractivity contribution in [2.24, 2.45) is 0 Å². The van der Waals surface area contributed by atoms with Crippen LogP contribution in [0.15, 0.2) is 30.3 Å². The molecule has 84 valence electrons. The molecule has 0 unspecified atom stereocenters. The Morgan fingerprint density at radius 1 is 0.933 bits per heavy atom. The van der Waals surface area contributed by atoms with Crippen LogP contribution < -0.4 is 4.74 Å². The van der Waals surface area contributed by atoms with Gasteiger partial charge in [0.15, 0.2) is 0 Å². The number of rotatable bonds is 4. The fraction of sp³-hybridized carbons (Fsp3) is 0.538. The molecular formula is C13H23AlO. The maximum absolute atomic E-state index is 4.91. The summed E-state index contributed by atoms with van der Waals surface area (Å²) in [7, 11) is 1.66.